The molecule has 2 N–H and O–H groups in total. The Bertz CT molecular complexity index is 1490. The Morgan fingerprint density at radius 1 is 0.500 bits per heavy atom. The molecule has 0 radical (unpaired) electrons. The fourth-order valence-electron chi connectivity index (χ4n) is 3.85. The first-order valence-corrected chi connectivity index (χ1v) is 8.73. The van der Waals surface area contributed by atoms with E-state index < -0.39 is 22.5 Å². The molecule has 0 saturated heterocycles. The highest BCUT2D eigenvalue weighted by molar-refractivity contribution is 6.21. The number of aromatic hydroxyl groups is 2. The van der Waals surface area contributed by atoms with Gasteiger partial charge in [0.05, 0.1) is 21.5 Å². The molecule has 30 heavy (non-hydrogen) atoms. The van der Waals surface area contributed by atoms with Crippen molar-refractivity contribution in [2.24, 2.45) is 0 Å². The minimum atomic E-state index is -1.04. The molecule has 0 saturated carbocycles. The number of benzene rings is 3. The van der Waals surface area contributed by atoms with E-state index in [0.29, 0.717) is 0 Å². The average Bonchev–Trinajstić information content (AvgIpc) is 3.17. The molecule has 0 aliphatic rings. The number of hydrogen-bond donors (Lipinski definition) is 2. The Morgan fingerprint density at radius 3 is 1.10 bits per heavy atom. The lowest BCUT2D eigenvalue weighted by atomic mass is 9.89. The first-order chi connectivity index (χ1) is 14.4. The van der Waals surface area contributed by atoms with E-state index in [1.54, 1.807) is 12.1 Å². The molecule has 0 aliphatic heterocycles. The number of rotatable bonds is 2. The highest BCUT2D eigenvalue weighted by Crippen LogP contribution is 2.43. The third-order valence-corrected chi connectivity index (χ3v) is 5.03. The van der Waals surface area contributed by atoms with E-state index in [-0.39, 0.29) is 55.3 Å². The van der Waals surface area contributed by atoms with Crippen LogP contribution in [-0.4, -0.2) is 10.2 Å². The summed E-state index contributed by atoms with van der Waals surface area (Å²) in [6.45, 7) is 0. The predicted molar refractivity (Wildman–Crippen MR) is 108 cm³/mol. The lowest BCUT2D eigenvalue weighted by Gasteiger charge is -2.11. The second-order valence-corrected chi connectivity index (χ2v) is 6.64. The summed E-state index contributed by atoms with van der Waals surface area (Å²) in [5.41, 5.74) is -4.34. The fraction of sp³-hybridized carbons (Fsp3) is 0. The van der Waals surface area contributed by atoms with Crippen LogP contribution >= 0.6 is 0 Å². The van der Waals surface area contributed by atoms with Gasteiger partial charge in [-0.15, -0.1) is 0 Å². The topological polar surface area (TPSA) is 135 Å². The summed E-state index contributed by atoms with van der Waals surface area (Å²) in [6.07, 6.45) is 0. The second kappa shape index (κ2) is 6.02. The Morgan fingerprint density at radius 2 is 0.800 bits per heavy atom. The van der Waals surface area contributed by atoms with Crippen molar-refractivity contribution in [1.29, 1.82) is 0 Å². The SMILES string of the molecule is O=c1oc(=O)c2c(-c3ccccc3O)c3c(=O)oc(=O)c3c(-c3ccccc3O)c12. The van der Waals surface area contributed by atoms with Crippen LogP contribution in [0.4, 0.5) is 0 Å². The average molecular weight is 402 g/mol. The van der Waals surface area contributed by atoms with Gasteiger partial charge in [-0.3, -0.25) is 0 Å². The number of fused-ring (bicyclic) bond motifs is 2. The van der Waals surface area contributed by atoms with Crippen LogP contribution in [0.25, 0.3) is 43.8 Å². The molecule has 2 aromatic heterocycles. The van der Waals surface area contributed by atoms with Gasteiger partial charge in [-0.2, -0.15) is 0 Å². The Kier molecular flexibility index (Phi) is 3.54. The molecule has 0 bridgehead atoms. The van der Waals surface area contributed by atoms with Gasteiger partial charge < -0.3 is 19.0 Å². The van der Waals surface area contributed by atoms with Crippen LogP contribution in [0.1, 0.15) is 0 Å². The molecule has 0 atom stereocenters. The smallest absolute Gasteiger partial charge is 0.347 e. The summed E-state index contributed by atoms with van der Waals surface area (Å²) in [4.78, 5) is 50.5. The van der Waals surface area contributed by atoms with Crippen molar-refractivity contribution in [2.75, 3.05) is 0 Å². The molecule has 146 valence electrons. The number of hydrogen-bond acceptors (Lipinski definition) is 8. The monoisotopic (exact) mass is 402 g/mol. The Balaban J connectivity index is 2.20. The molecule has 0 amide bonds. The van der Waals surface area contributed by atoms with Gasteiger partial charge in [0.25, 0.3) is 0 Å². The van der Waals surface area contributed by atoms with Gasteiger partial charge in [0, 0.05) is 22.3 Å². The zero-order valence-corrected chi connectivity index (χ0v) is 15.0. The first-order valence-electron chi connectivity index (χ1n) is 8.73. The van der Waals surface area contributed by atoms with Crippen molar-refractivity contribution in [3.05, 3.63) is 90.2 Å². The van der Waals surface area contributed by atoms with Gasteiger partial charge >= 0.3 is 22.5 Å². The zero-order chi connectivity index (χ0) is 21.2. The summed E-state index contributed by atoms with van der Waals surface area (Å²) >= 11 is 0. The minimum Gasteiger partial charge on any atom is -0.507 e. The van der Waals surface area contributed by atoms with Crippen molar-refractivity contribution < 1.29 is 19.0 Å². The van der Waals surface area contributed by atoms with Crippen LogP contribution in [0.2, 0.25) is 0 Å². The second-order valence-electron chi connectivity index (χ2n) is 6.64. The first kappa shape index (κ1) is 17.6. The summed E-state index contributed by atoms with van der Waals surface area (Å²) in [7, 11) is 0. The van der Waals surface area contributed by atoms with Gasteiger partial charge in [0.15, 0.2) is 0 Å². The maximum atomic E-state index is 12.6. The standard InChI is InChI=1S/C22H10O8/c23-11-7-3-1-5-9(11)13-15-17(21(27)29-19(15)25)14(10-6-2-4-8-12(10)24)18-16(13)20(26)30-22(18)28/h1-8,23-24H. The molecule has 8 heteroatoms. The van der Waals surface area contributed by atoms with Crippen molar-refractivity contribution in [3.8, 4) is 33.8 Å². The molecule has 0 aliphatic carbocycles. The largest absolute Gasteiger partial charge is 0.507 e. The molecule has 5 aromatic rings. The van der Waals surface area contributed by atoms with Crippen LogP contribution < -0.4 is 22.5 Å². The third kappa shape index (κ3) is 2.21. The van der Waals surface area contributed by atoms with E-state index in [1.807, 2.05) is 0 Å². The lowest BCUT2D eigenvalue weighted by Crippen LogP contribution is -2.02. The van der Waals surface area contributed by atoms with E-state index in [0.717, 1.165) is 0 Å². The molecule has 5 rings (SSSR count). The van der Waals surface area contributed by atoms with Crippen LogP contribution in [0.15, 0.2) is 76.5 Å². The van der Waals surface area contributed by atoms with Gasteiger partial charge in [-0.05, 0) is 12.1 Å². The number of para-hydroxylation sites is 2. The van der Waals surface area contributed by atoms with Crippen molar-refractivity contribution in [2.45, 2.75) is 0 Å². The summed E-state index contributed by atoms with van der Waals surface area (Å²) in [5.74, 6) is -0.562. The maximum Gasteiger partial charge on any atom is 0.347 e. The van der Waals surface area contributed by atoms with Crippen LogP contribution in [0, 0.1) is 0 Å². The van der Waals surface area contributed by atoms with Gasteiger partial charge in [0.1, 0.15) is 11.5 Å². The molecule has 0 spiro atoms. The van der Waals surface area contributed by atoms with Crippen LogP contribution in [0.3, 0.4) is 0 Å². The van der Waals surface area contributed by atoms with E-state index in [4.69, 9.17) is 8.83 Å². The van der Waals surface area contributed by atoms with Crippen molar-refractivity contribution in [1.82, 2.24) is 0 Å². The van der Waals surface area contributed by atoms with Gasteiger partial charge in [-0.1, -0.05) is 36.4 Å². The fourth-order valence-corrected chi connectivity index (χ4v) is 3.85. The van der Waals surface area contributed by atoms with E-state index in [1.165, 1.54) is 36.4 Å². The minimum absolute atomic E-state index is 0.0483. The van der Waals surface area contributed by atoms with Crippen LogP contribution in [-0.2, 0) is 0 Å². The van der Waals surface area contributed by atoms with Crippen molar-refractivity contribution >= 4 is 21.5 Å². The van der Waals surface area contributed by atoms with E-state index in [9.17, 15) is 29.4 Å². The Labute approximate surface area is 165 Å². The van der Waals surface area contributed by atoms with Crippen molar-refractivity contribution in [3.63, 3.8) is 0 Å². The Hall–Kier alpha value is -4.46. The number of phenols is 2. The predicted octanol–water partition coefficient (Wildman–Crippen LogP) is 2.24. The zero-order valence-electron chi connectivity index (χ0n) is 15.0. The van der Waals surface area contributed by atoms with Gasteiger partial charge in [0.2, 0.25) is 0 Å². The summed E-state index contributed by atoms with van der Waals surface area (Å²) < 4.78 is 9.56. The molecule has 2 heterocycles. The third-order valence-electron chi connectivity index (χ3n) is 5.03. The maximum absolute atomic E-state index is 12.6. The molecule has 8 nitrogen and oxygen atoms in total. The van der Waals surface area contributed by atoms with Crippen LogP contribution in [0.5, 0.6) is 11.5 Å². The number of phenolic OH excluding ortho intramolecular Hbond substituents is 2. The van der Waals surface area contributed by atoms with E-state index >= 15 is 0 Å². The van der Waals surface area contributed by atoms with Gasteiger partial charge in [-0.25, -0.2) is 19.2 Å². The molecular formula is C22H10O8. The molecular weight excluding hydrogens is 392 g/mol. The molecule has 3 aromatic carbocycles. The van der Waals surface area contributed by atoms with E-state index in [2.05, 4.69) is 0 Å². The number of furan rings is 2. The molecule has 0 fully saturated rings. The highest BCUT2D eigenvalue weighted by Gasteiger charge is 2.30. The highest BCUT2D eigenvalue weighted by atomic mass is 16.4. The summed E-state index contributed by atoms with van der Waals surface area (Å²) in [6, 6.07) is 11.7. The normalized spacial score (nSPS) is 11.5. The molecule has 0 unspecified atom stereocenters. The summed E-state index contributed by atoms with van der Waals surface area (Å²) in [5, 5.41) is 19.5. The lowest BCUT2D eigenvalue weighted by molar-refractivity contribution is 0.477. The quantitative estimate of drug-likeness (QED) is 0.459.